The second kappa shape index (κ2) is 5.34. The highest BCUT2D eigenvalue weighted by Gasteiger charge is 2.26. The van der Waals surface area contributed by atoms with Gasteiger partial charge in [0.15, 0.2) is 0 Å². The van der Waals surface area contributed by atoms with Gasteiger partial charge < -0.3 is 5.32 Å². The van der Waals surface area contributed by atoms with Crippen molar-refractivity contribution in [3.63, 3.8) is 0 Å². The SMILES string of the molecule is O=C(CCl)NCCCn1nccc1C1CC1. The summed E-state index contributed by atoms with van der Waals surface area (Å²) in [5, 5.41) is 7.04. The first-order chi connectivity index (χ1) is 7.81. The lowest BCUT2D eigenvalue weighted by Crippen LogP contribution is -2.26. The van der Waals surface area contributed by atoms with Crippen molar-refractivity contribution in [1.29, 1.82) is 0 Å². The zero-order chi connectivity index (χ0) is 11.4. The Morgan fingerprint density at radius 1 is 1.62 bits per heavy atom. The van der Waals surface area contributed by atoms with Crippen molar-refractivity contribution in [2.45, 2.75) is 31.7 Å². The van der Waals surface area contributed by atoms with E-state index in [-0.39, 0.29) is 11.8 Å². The number of carbonyl (C=O) groups is 1. The zero-order valence-corrected chi connectivity index (χ0v) is 9.91. The molecule has 1 fully saturated rings. The minimum atomic E-state index is -0.107. The van der Waals surface area contributed by atoms with Gasteiger partial charge in [-0.3, -0.25) is 9.48 Å². The van der Waals surface area contributed by atoms with Crippen LogP contribution >= 0.6 is 11.6 Å². The molecule has 1 aliphatic rings. The lowest BCUT2D eigenvalue weighted by atomic mass is 10.3. The van der Waals surface area contributed by atoms with Crippen LogP contribution in [0.1, 0.15) is 30.9 Å². The average Bonchev–Trinajstić information content (AvgIpc) is 3.04. The first-order valence-corrected chi connectivity index (χ1v) is 6.19. The van der Waals surface area contributed by atoms with Gasteiger partial charge >= 0.3 is 0 Å². The van der Waals surface area contributed by atoms with E-state index in [1.54, 1.807) is 0 Å². The maximum Gasteiger partial charge on any atom is 0.234 e. The number of rotatable bonds is 6. The van der Waals surface area contributed by atoms with E-state index in [0.717, 1.165) is 18.9 Å². The highest BCUT2D eigenvalue weighted by molar-refractivity contribution is 6.27. The third-order valence-corrected chi connectivity index (χ3v) is 2.98. The second-order valence-electron chi connectivity index (χ2n) is 4.09. The maximum absolute atomic E-state index is 10.9. The molecule has 0 spiro atoms. The standard InChI is InChI=1S/C11H16ClN3O/c12-8-11(16)13-5-1-7-15-10(4-6-14-15)9-2-3-9/h4,6,9H,1-3,5,7-8H2,(H,13,16). The topological polar surface area (TPSA) is 46.9 Å². The predicted octanol–water partition coefficient (Wildman–Crippen LogP) is 1.51. The number of alkyl halides is 1. The Morgan fingerprint density at radius 3 is 3.12 bits per heavy atom. The average molecular weight is 242 g/mol. The Bertz CT molecular complexity index is 360. The molecular weight excluding hydrogens is 226 g/mol. The number of aryl methyl sites for hydroxylation is 1. The van der Waals surface area contributed by atoms with Gasteiger partial charge in [0.2, 0.25) is 5.91 Å². The number of hydrogen-bond donors (Lipinski definition) is 1. The molecule has 1 heterocycles. The van der Waals surface area contributed by atoms with Gasteiger partial charge in [0, 0.05) is 30.9 Å². The molecule has 1 amide bonds. The summed E-state index contributed by atoms with van der Waals surface area (Å²) in [5.41, 5.74) is 1.34. The van der Waals surface area contributed by atoms with Gasteiger partial charge in [-0.15, -0.1) is 11.6 Å². The van der Waals surface area contributed by atoms with E-state index < -0.39 is 0 Å². The highest BCUT2D eigenvalue weighted by Crippen LogP contribution is 2.39. The molecule has 1 aliphatic carbocycles. The first-order valence-electron chi connectivity index (χ1n) is 5.65. The van der Waals surface area contributed by atoms with E-state index in [2.05, 4.69) is 16.5 Å². The van der Waals surface area contributed by atoms with Crippen LogP contribution in [-0.4, -0.2) is 28.1 Å². The van der Waals surface area contributed by atoms with Gasteiger partial charge in [-0.2, -0.15) is 5.10 Å². The van der Waals surface area contributed by atoms with Crippen LogP contribution < -0.4 is 5.32 Å². The van der Waals surface area contributed by atoms with Gasteiger partial charge in [0.05, 0.1) is 0 Å². The quantitative estimate of drug-likeness (QED) is 0.606. The number of hydrogen-bond acceptors (Lipinski definition) is 2. The maximum atomic E-state index is 10.9. The van der Waals surface area contributed by atoms with Gasteiger partial charge in [-0.05, 0) is 25.3 Å². The third-order valence-electron chi connectivity index (χ3n) is 2.74. The predicted molar refractivity (Wildman–Crippen MR) is 62.5 cm³/mol. The fourth-order valence-corrected chi connectivity index (χ4v) is 1.85. The molecule has 0 aliphatic heterocycles. The minimum Gasteiger partial charge on any atom is -0.355 e. The summed E-state index contributed by atoms with van der Waals surface area (Å²) in [6.45, 7) is 1.52. The summed E-state index contributed by atoms with van der Waals surface area (Å²) in [4.78, 5) is 10.9. The van der Waals surface area contributed by atoms with Gasteiger partial charge in [0.1, 0.15) is 5.88 Å². The van der Waals surface area contributed by atoms with Crippen LogP contribution in [0.2, 0.25) is 0 Å². The van der Waals surface area contributed by atoms with Crippen LogP contribution in [0.3, 0.4) is 0 Å². The summed E-state index contributed by atoms with van der Waals surface area (Å²) in [7, 11) is 0. The third kappa shape index (κ3) is 2.98. The van der Waals surface area contributed by atoms with Crippen molar-refractivity contribution >= 4 is 17.5 Å². The molecule has 16 heavy (non-hydrogen) atoms. The first kappa shape index (κ1) is 11.5. The molecule has 2 rings (SSSR count). The Morgan fingerprint density at radius 2 is 2.44 bits per heavy atom. The van der Waals surface area contributed by atoms with E-state index in [4.69, 9.17) is 11.6 Å². The van der Waals surface area contributed by atoms with E-state index in [1.807, 2.05) is 10.9 Å². The van der Waals surface area contributed by atoms with Gasteiger partial charge in [0.25, 0.3) is 0 Å². The summed E-state index contributed by atoms with van der Waals surface area (Å²) >= 11 is 5.38. The van der Waals surface area contributed by atoms with Crippen molar-refractivity contribution in [3.05, 3.63) is 18.0 Å². The molecule has 1 N–H and O–H groups in total. The molecule has 4 nitrogen and oxygen atoms in total. The molecular formula is C11H16ClN3O. The summed E-state index contributed by atoms with van der Waals surface area (Å²) < 4.78 is 2.05. The number of nitrogens with zero attached hydrogens (tertiary/aromatic N) is 2. The Labute approximate surface area is 100.0 Å². The Balaban J connectivity index is 1.72. The fourth-order valence-electron chi connectivity index (χ4n) is 1.76. The highest BCUT2D eigenvalue weighted by atomic mass is 35.5. The number of nitrogens with one attached hydrogen (secondary N) is 1. The van der Waals surface area contributed by atoms with Crippen LogP contribution in [-0.2, 0) is 11.3 Å². The monoisotopic (exact) mass is 241 g/mol. The van der Waals surface area contributed by atoms with Crippen molar-refractivity contribution in [2.24, 2.45) is 0 Å². The number of amides is 1. The number of aromatic nitrogens is 2. The van der Waals surface area contributed by atoms with Crippen molar-refractivity contribution in [2.75, 3.05) is 12.4 Å². The van der Waals surface area contributed by atoms with Gasteiger partial charge in [-0.1, -0.05) is 0 Å². The summed E-state index contributed by atoms with van der Waals surface area (Å²) in [6.07, 6.45) is 5.32. The Hall–Kier alpha value is -1.03. The lowest BCUT2D eigenvalue weighted by molar-refractivity contribution is -0.118. The molecule has 88 valence electrons. The smallest absolute Gasteiger partial charge is 0.234 e. The molecule has 1 aromatic rings. The van der Waals surface area contributed by atoms with E-state index in [0.29, 0.717) is 6.54 Å². The second-order valence-corrected chi connectivity index (χ2v) is 4.36. The zero-order valence-electron chi connectivity index (χ0n) is 9.16. The molecule has 0 saturated heterocycles. The van der Waals surface area contributed by atoms with E-state index in [9.17, 15) is 4.79 Å². The lowest BCUT2D eigenvalue weighted by Gasteiger charge is -2.07. The van der Waals surface area contributed by atoms with Gasteiger partial charge in [-0.25, -0.2) is 0 Å². The van der Waals surface area contributed by atoms with Crippen molar-refractivity contribution < 1.29 is 4.79 Å². The van der Waals surface area contributed by atoms with Crippen molar-refractivity contribution in [3.8, 4) is 0 Å². The molecule has 0 bridgehead atoms. The summed E-state index contributed by atoms with van der Waals surface area (Å²) in [6, 6.07) is 2.09. The van der Waals surface area contributed by atoms with E-state index in [1.165, 1.54) is 18.5 Å². The summed E-state index contributed by atoms with van der Waals surface area (Å²) in [5.74, 6) is 0.652. The molecule has 1 saturated carbocycles. The molecule has 0 unspecified atom stereocenters. The number of halogens is 1. The Kier molecular flexibility index (Phi) is 3.83. The molecule has 5 heteroatoms. The fraction of sp³-hybridized carbons (Fsp3) is 0.636. The molecule has 1 aromatic heterocycles. The van der Waals surface area contributed by atoms with Crippen LogP contribution in [0.25, 0.3) is 0 Å². The van der Waals surface area contributed by atoms with Crippen LogP contribution in [0.5, 0.6) is 0 Å². The largest absolute Gasteiger partial charge is 0.355 e. The van der Waals surface area contributed by atoms with E-state index >= 15 is 0 Å². The van der Waals surface area contributed by atoms with Crippen LogP contribution in [0.4, 0.5) is 0 Å². The number of carbonyl (C=O) groups excluding carboxylic acids is 1. The molecule has 0 aromatic carbocycles. The molecule has 0 atom stereocenters. The minimum absolute atomic E-state index is 0.0368. The molecule has 0 radical (unpaired) electrons. The normalized spacial score (nSPS) is 15.1. The van der Waals surface area contributed by atoms with Crippen molar-refractivity contribution in [1.82, 2.24) is 15.1 Å². The van der Waals surface area contributed by atoms with Crippen LogP contribution in [0, 0.1) is 0 Å². The van der Waals surface area contributed by atoms with Crippen LogP contribution in [0.15, 0.2) is 12.3 Å².